The van der Waals surface area contributed by atoms with Crippen LogP contribution in [0.15, 0.2) is 48.5 Å². The number of amides is 1. The van der Waals surface area contributed by atoms with Crippen molar-refractivity contribution in [3.8, 4) is 5.75 Å². The van der Waals surface area contributed by atoms with Gasteiger partial charge in [0.25, 0.3) is 5.91 Å². The fourth-order valence-electron chi connectivity index (χ4n) is 1.88. The summed E-state index contributed by atoms with van der Waals surface area (Å²) in [5.41, 5.74) is 2.53. The number of hydrogen-bond donors (Lipinski definition) is 1. The minimum atomic E-state index is -0.119. The summed E-state index contributed by atoms with van der Waals surface area (Å²) in [4.78, 5) is 12.1. The molecular formula is C17H19NO2. The molecule has 0 atom stereocenters. The first-order valence-electron chi connectivity index (χ1n) is 6.69. The molecular weight excluding hydrogens is 250 g/mol. The Kier molecular flexibility index (Phi) is 4.41. The minimum Gasteiger partial charge on any atom is -0.491 e. The maximum Gasteiger partial charge on any atom is 0.255 e. The monoisotopic (exact) mass is 269 g/mol. The predicted octanol–water partition coefficient (Wildman–Crippen LogP) is 4.03. The fourth-order valence-corrected chi connectivity index (χ4v) is 1.88. The third-order valence-corrected chi connectivity index (χ3v) is 2.76. The Morgan fingerprint density at radius 2 is 1.80 bits per heavy atom. The van der Waals surface area contributed by atoms with Gasteiger partial charge < -0.3 is 10.1 Å². The van der Waals surface area contributed by atoms with E-state index in [4.69, 9.17) is 4.74 Å². The molecule has 0 aromatic heterocycles. The summed E-state index contributed by atoms with van der Waals surface area (Å²) in [7, 11) is 0. The molecule has 0 heterocycles. The van der Waals surface area contributed by atoms with Gasteiger partial charge >= 0.3 is 0 Å². The first-order valence-corrected chi connectivity index (χ1v) is 6.69. The van der Waals surface area contributed by atoms with E-state index < -0.39 is 0 Å². The number of rotatable bonds is 4. The van der Waals surface area contributed by atoms with E-state index in [2.05, 4.69) is 5.32 Å². The lowest BCUT2D eigenvalue weighted by atomic mass is 10.2. The second-order valence-electron chi connectivity index (χ2n) is 5.01. The van der Waals surface area contributed by atoms with Crippen molar-refractivity contribution in [1.82, 2.24) is 0 Å². The summed E-state index contributed by atoms with van der Waals surface area (Å²) >= 11 is 0. The van der Waals surface area contributed by atoms with Crippen molar-refractivity contribution >= 4 is 11.6 Å². The Balaban J connectivity index is 2.06. The number of aryl methyl sites for hydroxylation is 1. The maximum absolute atomic E-state index is 12.1. The average Bonchev–Trinajstić information content (AvgIpc) is 2.38. The lowest BCUT2D eigenvalue weighted by molar-refractivity contribution is 0.102. The molecule has 2 aromatic rings. The number of carbonyl (C=O) groups is 1. The molecule has 0 aliphatic carbocycles. The van der Waals surface area contributed by atoms with Gasteiger partial charge in [-0.15, -0.1) is 0 Å². The highest BCUT2D eigenvalue weighted by atomic mass is 16.5. The molecule has 3 heteroatoms. The van der Waals surface area contributed by atoms with Gasteiger partial charge in [0.2, 0.25) is 0 Å². The molecule has 0 unspecified atom stereocenters. The summed E-state index contributed by atoms with van der Waals surface area (Å²) in [5.74, 6) is 0.652. The number of ether oxygens (including phenoxy) is 1. The van der Waals surface area contributed by atoms with E-state index >= 15 is 0 Å². The zero-order valence-corrected chi connectivity index (χ0v) is 12.0. The summed E-state index contributed by atoms with van der Waals surface area (Å²) in [5, 5.41) is 2.88. The highest BCUT2D eigenvalue weighted by Gasteiger charge is 2.06. The zero-order valence-electron chi connectivity index (χ0n) is 12.0. The van der Waals surface area contributed by atoms with Crippen molar-refractivity contribution in [3.05, 3.63) is 59.7 Å². The Labute approximate surface area is 119 Å². The predicted molar refractivity (Wildman–Crippen MR) is 81.3 cm³/mol. The van der Waals surface area contributed by atoms with Gasteiger partial charge in [-0.1, -0.05) is 12.1 Å². The van der Waals surface area contributed by atoms with Crippen LogP contribution in [0.5, 0.6) is 5.75 Å². The van der Waals surface area contributed by atoms with E-state index in [1.165, 1.54) is 0 Å². The van der Waals surface area contributed by atoms with Gasteiger partial charge in [0.15, 0.2) is 0 Å². The average molecular weight is 269 g/mol. The highest BCUT2D eigenvalue weighted by Crippen LogP contribution is 2.16. The van der Waals surface area contributed by atoms with E-state index in [0.29, 0.717) is 5.56 Å². The molecule has 0 saturated carbocycles. The summed E-state index contributed by atoms with van der Waals surface area (Å²) in [6.45, 7) is 5.93. The first-order chi connectivity index (χ1) is 9.54. The molecule has 0 fully saturated rings. The van der Waals surface area contributed by atoms with E-state index in [0.717, 1.165) is 17.0 Å². The van der Waals surface area contributed by atoms with Crippen molar-refractivity contribution < 1.29 is 9.53 Å². The minimum absolute atomic E-state index is 0.119. The molecule has 1 amide bonds. The number of benzene rings is 2. The van der Waals surface area contributed by atoms with Crippen LogP contribution in [0.4, 0.5) is 5.69 Å². The van der Waals surface area contributed by atoms with Crippen LogP contribution in [0.25, 0.3) is 0 Å². The largest absolute Gasteiger partial charge is 0.491 e. The summed E-state index contributed by atoms with van der Waals surface area (Å²) in [6.07, 6.45) is 0.127. The van der Waals surface area contributed by atoms with Crippen LogP contribution in [0.2, 0.25) is 0 Å². The SMILES string of the molecule is Cc1cccc(NC(=O)c2ccc(OC(C)C)cc2)c1. The van der Waals surface area contributed by atoms with Gasteiger partial charge in [0.05, 0.1) is 6.10 Å². The zero-order chi connectivity index (χ0) is 14.5. The van der Waals surface area contributed by atoms with E-state index in [9.17, 15) is 4.79 Å². The number of carbonyl (C=O) groups excluding carboxylic acids is 1. The summed E-state index contributed by atoms with van der Waals surface area (Å²) in [6, 6.07) is 14.9. The van der Waals surface area contributed by atoms with Gasteiger partial charge in [0.1, 0.15) is 5.75 Å². The van der Waals surface area contributed by atoms with Crippen LogP contribution < -0.4 is 10.1 Å². The van der Waals surface area contributed by atoms with Crippen LogP contribution in [0.1, 0.15) is 29.8 Å². The lowest BCUT2D eigenvalue weighted by Gasteiger charge is -2.10. The van der Waals surface area contributed by atoms with E-state index in [-0.39, 0.29) is 12.0 Å². The molecule has 0 saturated heterocycles. The Morgan fingerprint density at radius 1 is 1.10 bits per heavy atom. The quantitative estimate of drug-likeness (QED) is 0.909. The molecule has 2 aromatic carbocycles. The standard InChI is InChI=1S/C17H19NO2/c1-12(2)20-16-9-7-14(8-10-16)17(19)18-15-6-4-5-13(3)11-15/h4-12H,1-3H3,(H,18,19). The number of hydrogen-bond acceptors (Lipinski definition) is 2. The molecule has 0 aliphatic heterocycles. The van der Waals surface area contributed by atoms with Crippen LogP contribution in [0.3, 0.4) is 0 Å². The van der Waals surface area contributed by atoms with Crippen LogP contribution in [-0.2, 0) is 0 Å². The smallest absolute Gasteiger partial charge is 0.255 e. The van der Waals surface area contributed by atoms with Gasteiger partial charge in [-0.05, 0) is 62.7 Å². The highest BCUT2D eigenvalue weighted by molar-refractivity contribution is 6.04. The summed E-state index contributed by atoms with van der Waals surface area (Å²) < 4.78 is 5.55. The molecule has 2 rings (SSSR count). The van der Waals surface area contributed by atoms with E-state index in [1.54, 1.807) is 12.1 Å². The van der Waals surface area contributed by atoms with Gasteiger partial charge in [-0.25, -0.2) is 0 Å². The third kappa shape index (κ3) is 3.85. The van der Waals surface area contributed by atoms with Crippen molar-refractivity contribution in [3.63, 3.8) is 0 Å². The number of nitrogens with one attached hydrogen (secondary N) is 1. The van der Waals surface area contributed by atoms with Crippen molar-refractivity contribution in [1.29, 1.82) is 0 Å². The van der Waals surface area contributed by atoms with E-state index in [1.807, 2.05) is 57.2 Å². The van der Waals surface area contributed by atoms with Crippen molar-refractivity contribution in [2.75, 3.05) is 5.32 Å². The molecule has 0 spiro atoms. The van der Waals surface area contributed by atoms with Gasteiger partial charge in [-0.2, -0.15) is 0 Å². The molecule has 20 heavy (non-hydrogen) atoms. The van der Waals surface area contributed by atoms with Gasteiger partial charge in [-0.3, -0.25) is 4.79 Å². The molecule has 0 aliphatic rings. The maximum atomic E-state index is 12.1. The van der Waals surface area contributed by atoms with Crippen LogP contribution in [-0.4, -0.2) is 12.0 Å². The molecule has 0 radical (unpaired) electrons. The van der Waals surface area contributed by atoms with Crippen molar-refractivity contribution in [2.24, 2.45) is 0 Å². The van der Waals surface area contributed by atoms with Crippen LogP contribution >= 0.6 is 0 Å². The second kappa shape index (κ2) is 6.24. The normalized spacial score (nSPS) is 10.4. The number of anilines is 1. The molecule has 3 nitrogen and oxygen atoms in total. The molecule has 0 bridgehead atoms. The second-order valence-corrected chi connectivity index (χ2v) is 5.01. The molecule has 104 valence electrons. The van der Waals surface area contributed by atoms with Crippen molar-refractivity contribution in [2.45, 2.75) is 26.9 Å². The van der Waals surface area contributed by atoms with Crippen LogP contribution in [0, 0.1) is 6.92 Å². The third-order valence-electron chi connectivity index (χ3n) is 2.76. The Hall–Kier alpha value is -2.29. The Bertz CT molecular complexity index is 588. The molecule has 1 N–H and O–H groups in total. The fraction of sp³-hybridized carbons (Fsp3) is 0.235. The topological polar surface area (TPSA) is 38.3 Å². The Morgan fingerprint density at radius 3 is 2.40 bits per heavy atom. The lowest BCUT2D eigenvalue weighted by Crippen LogP contribution is -2.12. The van der Waals surface area contributed by atoms with Gasteiger partial charge in [0, 0.05) is 11.3 Å². The first kappa shape index (κ1) is 14.1.